The topological polar surface area (TPSA) is 52.6 Å². The Morgan fingerprint density at radius 3 is 2.62 bits per heavy atom. The van der Waals surface area contributed by atoms with Crippen molar-refractivity contribution in [1.82, 2.24) is 0 Å². The molecule has 1 aliphatic carbocycles. The Labute approximate surface area is 95.7 Å². The maximum absolute atomic E-state index is 11.6. The first-order valence-electron chi connectivity index (χ1n) is 5.48. The van der Waals surface area contributed by atoms with E-state index in [4.69, 9.17) is 4.43 Å². The average molecular weight is 240 g/mol. The summed E-state index contributed by atoms with van der Waals surface area (Å²) in [7, 11) is -1.73. The van der Waals surface area contributed by atoms with Crippen LogP contribution in [0.2, 0.25) is 19.6 Å². The number of hydrogen-bond acceptors (Lipinski definition) is 4. The quantitative estimate of drug-likeness (QED) is 0.317. The molecule has 0 aromatic heterocycles. The third kappa shape index (κ3) is 2.10. The van der Waals surface area contributed by atoms with Crippen molar-refractivity contribution in [2.24, 2.45) is 11.8 Å². The zero-order valence-electron chi connectivity index (χ0n) is 9.73. The third-order valence-corrected chi connectivity index (χ3v) is 3.75. The maximum atomic E-state index is 11.6. The van der Waals surface area contributed by atoms with Crippen LogP contribution in [0, 0.1) is 11.8 Å². The molecule has 0 spiro atoms. The van der Waals surface area contributed by atoms with Gasteiger partial charge in [0.15, 0.2) is 8.32 Å². The van der Waals surface area contributed by atoms with Crippen LogP contribution < -0.4 is 0 Å². The number of allylic oxidation sites excluding steroid dienone is 1. The Kier molecular flexibility index (Phi) is 2.75. The Hall–Kier alpha value is -0.943. The van der Waals surface area contributed by atoms with Crippen LogP contribution in [-0.2, 0) is 18.8 Å². The summed E-state index contributed by atoms with van der Waals surface area (Å²) >= 11 is 0. The van der Waals surface area contributed by atoms with E-state index in [1.807, 2.05) is 12.2 Å². The van der Waals surface area contributed by atoms with Gasteiger partial charge in [0.2, 0.25) is 0 Å². The van der Waals surface area contributed by atoms with Crippen molar-refractivity contribution in [1.29, 1.82) is 0 Å². The van der Waals surface area contributed by atoms with E-state index in [0.717, 1.165) is 0 Å². The molecule has 0 aromatic rings. The molecule has 1 heterocycles. The number of carbonyl (C=O) groups is 2. The Morgan fingerprint density at radius 1 is 1.31 bits per heavy atom. The van der Waals surface area contributed by atoms with Crippen LogP contribution in [0.4, 0.5) is 0 Å². The van der Waals surface area contributed by atoms with Gasteiger partial charge < -0.3 is 9.16 Å². The summed E-state index contributed by atoms with van der Waals surface area (Å²) in [6, 6.07) is 0. The molecule has 0 amide bonds. The SMILES string of the molecule is C[Si](C)(C)O[C@H]1C=CC[C@H]2C(=O)OC(=O)[C@@H]12. The number of carbonyl (C=O) groups excluding carboxylic acids is 2. The first kappa shape index (κ1) is 11.5. The zero-order valence-corrected chi connectivity index (χ0v) is 10.7. The predicted octanol–water partition coefficient (Wildman–Crippen LogP) is 1.48. The van der Waals surface area contributed by atoms with E-state index in [1.165, 1.54) is 0 Å². The average Bonchev–Trinajstić information content (AvgIpc) is 2.41. The predicted molar refractivity (Wildman–Crippen MR) is 60.1 cm³/mol. The number of fused-ring (bicyclic) bond motifs is 1. The van der Waals surface area contributed by atoms with Crippen molar-refractivity contribution in [2.45, 2.75) is 32.2 Å². The van der Waals surface area contributed by atoms with Gasteiger partial charge >= 0.3 is 11.9 Å². The van der Waals surface area contributed by atoms with Crippen LogP contribution in [0.3, 0.4) is 0 Å². The molecule has 16 heavy (non-hydrogen) atoms. The largest absolute Gasteiger partial charge is 0.410 e. The van der Waals surface area contributed by atoms with E-state index in [0.29, 0.717) is 6.42 Å². The first-order valence-corrected chi connectivity index (χ1v) is 8.89. The van der Waals surface area contributed by atoms with Crippen LogP contribution in [-0.4, -0.2) is 26.4 Å². The van der Waals surface area contributed by atoms with Crippen LogP contribution in [0.25, 0.3) is 0 Å². The summed E-state index contributed by atoms with van der Waals surface area (Å²) in [6.45, 7) is 6.19. The number of hydrogen-bond donors (Lipinski definition) is 0. The van der Waals surface area contributed by atoms with E-state index < -0.39 is 26.2 Å². The van der Waals surface area contributed by atoms with Gasteiger partial charge in [0, 0.05) is 0 Å². The molecule has 5 heteroatoms. The maximum Gasteiger partial charge on any atom is 0.320 e. The Bertz CT molecular complexity index is 355. The fourth-order valence-corrected chi connectivity index (χ4v) is 3.20. The molecule has 1 fully saturated rings. The smallest absolute Gasteiger partial charge is 0.320 e. The highest BCUT2D eigenvalue weighted by Crippen LogP contribution is 2.36. The molecule has 1 saturated heterocycles. The number of ether oxygens (including phenoxy) is 1. The van der Waals surface area contributed by atoms with E-state index in [1.54, 1.807) is 0 Å². The molecule has 0 unspecified atom stereocenters. The van der Waals surface area contributed by atoms with Crippen LogP contribution >= 0.6 is 0 Å². The van der Waals surface area contributed by atoms with Crippen molar-refractivity contribution in [3.05, 3.63) is 12.2 Å². The van der Waals surface area contributed by atoms with Gasteiger partial charge in [0.25, 0.3) is 0 Å². The molecule has 3 atom stereocenters. The van der Waals surface area contributed by atoms with Crippen molar-refractivity contribution < 1.29 is 18.8 Å². The van der Waals surface area contributed by atoms with E-state index in [-0.39, 0.29) is 12.0 Å². The van der Waals surface area contributed by atoms with E-state index in [9.17, 15) is 9.59 Å². The molecule has 88 valence electrons. The van der Waals surface area contributed by atoms with Gasteiger partial charge in [0.1, 0.15) is 0 Å². The van der Waals surface area contributed by atoms with Crippen molar-refractivity contribution in [3.8, 4) is 0 Å². The van der Waals surface area contributed by atoms with Crippen molar-refractivity contribution in [3.63, 3.8) is 0 Å². The number of cyclic esters (lactones) is 2. The number of esters is 2. The highest BCUT2D eigenvalue weighted by Gasteiger charge is 2.49. The normalized spacial score (nSPS) is 33.8. The second kappa shape index (κ2) is 3.82. The van der Waals surface area contributed by atoms with E-state index in [2.05, 4.69) is 24.4 Å². The lowest BCUT2D eigenvalue weighted by molar-refractivity contribution is -0.154. The molecule has 2 rings (SSSR count). The van der Waals surface area contributed by atoms with Gasteiger partial charge in [-0.25, -0.2) is 0 Å². The fourth-order valence-electron chi connectivity index (χ4n) is 2.16. The molecular weight excluding hydrogens is 224 g/mol. The number of rotatable bonds is 2. The molecule has 2 aliphatic rings. The van der Waals surface area contributed by atoms with Crippen LogP contribution in [0.1, 0.15) is 6.42 Å². The van der Waals surface area contributed by atoms with Crippen LogP contribution in [0.15, 0.2) is 12.2 Å². The van der Waals surface area contributed by atoms with E-state index >= 15 is 0 Å². The lowest BCUT2D eigenvalue weighted by Crippen LogP contribution is -2.40. The molecule has 0 bridgehead atoms. The summed E-state index contributed by atoms with van der Waals surface area (Å²) in [4.78, 5) is 23.0. The highest BCUT2D eigenvalue weighted by molar-refractivity contribution is 6.69. The molecule has 4 nitrogen and oxygen atoms in total. The Morgan fingerprint density at radius 2 is 2.00 bits per heavy atom. The molecule has 0 N–H and O–H groups in total. The minimum atomic E-state index is -1.73. The van der Waals surface area contributed by atoms with Crippen LogP contribution in [0.5, 0.6) is 0 Å². The fraction of sp³-hybridized carbons (Fsp3) is 0.636. The minimum absolute atomic E-state index is 0.288. The molecular formula is C11H16O4Si. The molecule has 0 aromatic carbocycles. The van der Waals surface area contributed by atoms with Gasteiger partial charge in [-0.1, -0.05) is 12.2 Å². The summed E-state index contributed by atoms with van der Waals surface area (Å²) in [5.74, 6) is -1.59. The summed E-state index contributed by atoms with van der Waals surface area (Å²) in [5.41, 5.74) is 0. The van der Waals surface area contributed by atoms with Gasteiger partial charge in [0.05, 0.1) is 17.9 Å². The second-order valence-corrected chi connectivity index (χ2v) is 9.69. The zero-order chi connectivity index (χ0) is 11.9. The first-order chi connectivity index (χ1) is 7.38. The standard InChI is InChI=1S/C11H16O4Si/c1-16(2,3)15-8-6-4-5-7-9(8)11(13)14-10(7)12/h4,6-9H,5H2,1-3H3/t7-,8+,9-/m1/s1. The van der Waals surface area contributed by atoms with Gasteiger partial charge in [-0.3, -0.25) is 9.59 Å². The lowest BCUT2D eigenvalue weighted by atomic mass is 9.83. The minimum Gasteiger partial charge on any atom is -0.410 e. The highest BCUT2D eigenvalue weighted by atomic mass is 28.4. The summed E-state index contributed by atoms with van der Waals surface area (Å²) in [5, 5.41) is 0. The van der Waals surface area contributed by atoms with Crippen molar-refractivity contribution >= 4 is 20.3 Å². The summed E-state index contributed by atoms with van der Waals surface area (Å²) < 4.78 is 10.6. The molecule has 1 aliphatic heterocycles. The third-order valence-electron chi connectivity index (χ3n) is 2.77. The monoisotopic (exact) mass is 240 g/mol. The van der Waals surface area contributed by atoms with Gasteiger partial charge in [-0.2, -0.15) is 0 Å². The lowest BCUT2D eigenvalue weighted by Gasteiger charge is -2.30. The van der Waals surface area contributed by atoms with Gasteiger partial charge in [-0.05, 0) is 26.1 Å². The Balaban J connectivity index is 2.20. The summed E-state index contributed by atoms with van der Waals surface area (Å²) in [6.07, 6.45) is 4.09. The molecule has 0 saturated carbocycles. The molecule has 0 radical (unpaired) electrons. The van der Waals surface area contributed by atoms with Crippen molar-refractivity contribution in [2.75, 3.05) is 0 Å². The second-order valence-electron chi connectivity index (χ2n) is 5.23. The van der Waals surface area contributed by atoms with Gasteiger partial charge in [-0.15, -0.1) is 0 Å².